The number of nitrogens with zero attached hydrogens (tertiary/aromatic N) is 6. The topological polar surface area (TPSA) is 113 Å². The first-order chi connectivity index (χ1) is 17.9. The molecule has 37 heavy (non-hydrogen) atoms. The Morgan fingerprint density at radius 1 is 1.14 bits per heavy atom. The molecule has 3 aromatic heterocycles. The maximum atomic E-state index is 13.4. The lowest BCUT2D eigenvalue weighted by Crippen LogP contribution is -2.36. The number of rotatable bonds is 5. The summed E-state index contributed by atoms with van der Waals surface area (Å²) in [7, 11) is 0. The molecule has 2 saturated carbocycles. The molecular formula is C28H28N8O. The number of nitrogens with one attached hydrogen (secondary N) is 2. The summed E-state index contributed by atoms with van der Waals surface area (Å²) in [6, 6.07) is 12.6. The summed E-state index contributed by atoms with van der Waals surface area (Å²) >= 11 is 0. The van der Waals surface area contributed by atoms with Crippen molar-refractivity contribution in [3.8, 4) is 11.8 Å². The van der Waals surface area contributed by atoms with Crippen LogP contribution in [0.3, 0.4) is 0 Å². The molecule has 3 aliphatic rings. The Balaban J connectivity index is 1.32. The fraction of sp³-hybridized carbons (Fsp3) is 0.393. The van der Waals surface area contributed by atoms with Gasteiger partial charge in [0, 0.05) is 36.2 Å². The van der Waals surface area contributed by atoms with Crippen LogP contribution in [0.1, 0.15) is 62.4 Å². The molecule has 0 saturated heterocycles. The minimum Gasteiger partial charge on any atom is -0.324 e. The Morgan fingerprint density at radius 3 is 2.70 bits per heavy atom. The van der Waals surface area contributed by atoms with Crippen molar-refractivity contribution in [1.82, 2.24) is 29.6 Å². The van der Waals surface area contributed by atoms with Crippen LogP contribution in [0.2, 0.25) is 0 Å². The van der Waals surface area contributed by atoms with Crippen LogP contribution in [0.4, 0.5) is 11.6 Å². The molecule has 4 aromatic rings. The Bertz CT molecular complexity index is 1670. The number of aromatic nitrogens is 5. The third kappa shape index (κ3) is 3.39. The van der Waals surface area contributed by atoms with Gasteiger partial charge in [0.2, 0.25) is 5.95 Å². The second-order valence-corrected chi connectivity index (χ2v) is 10.8. The number of nitriles is 1. The molecule has 9 nitrogen and oxygen atoms in total. The van der Waals surface area contributed by atoms with E-state index in [1.807, 2.05) is 30.7 Å². The first kappa shape index (κ1) is 22.2. The van der Waals surface area contributed by atoms with Crippen molar-refractivity contribution in [3.05, 3.63) is 69.9 Å². The molecule has 7 rings (SSSR count). The maximum Gasteiger partial charge on any atom is 0.278 e. The Labute approximate surface area is 214 Å². The number of pyridine rings is 1. The van der Waals surface area contributed by atoms with Gasteiger partial charge in [0.25, 0.3) is 5.56 Å². The van der Waals surface area contributed by atoms with Crippen molar-refractivity contribution in [2.45, 2.75) is 62.9 Å². The van der Waals surface area contributed by atoms with Crippen LogP contribution in [0.5, 0.6) is 0 Å². The van der Waals surface area contributed by atoms with Gasteiger partial charge in [-0.15, -0.1) is 0 Å². The summed E-state index contributed by atoms with van der Waals surface area (Å²) in [6.45, 7) is 4.93. The lowest BCUT2D eigenvalue weighted by atomic mass is 9.92. The Kier molecular flexibility index (Phi) is 4.64. The Morgan fingerprint density at radius 2 is 1.97 bits per heavy atom. The van der Waals surface area contributed by atoms with Gasteiger partial charge in [0.05, 0.1) is 22.9 Å². The largest absolute Gasteiger partial charge is 0.324 e. The summed E-state index contributed by atoms with van der Waals surface area (Å²) in [6.07, 6.45) is 8.31. The van der Waals surface area contributed by atoms with Crippen LogP contribution in [0.15, 0.2) is 47.5 Å². The van der Waals surface area contributed by atoms with Gasteiger partial charge >= 0.3 is 0 Å². The normalized spacial score (nSPS) is 18.5. The van der Waals surface area contributed by atoms with Crippen LogP contribution in [-0.4, -0.2) is 30.9 Å². The number of hydrogen-bond donors (Lipinski definition) is 2. The number of anilines is 2. The van der Waals surface area contributed by atoms with Crippen LogP contribution in [0.25, 0.3) is 16.7 Å². The van der Waals surface area contributed by atoms with Crippen LogP contribution in [-0.2, 0) is 17.4 Å². The zero-order valence-corrected chi connectivity index (χ0v) is 21.0. The molecule has 9 heteroatoms. The van der Waals surface area contributed by atoms with E-state index in [0.29, 0.717) is 17.0 Å². The van der Waals surface area contributed by atoms with Crippen molar-refractivity contribution in [2.24, 2.45) is 0 Å². The molecule has 0 atom stereocenters. The van der Waals surface area contributed by atoms with Gasteiger partial charge in [-0.05, 0) is 81.3 Å². The van der Waals surface area contributed by atoms with Crippen LogP contribution in [0, 0.1) is 11.3 Å². The lowest BCUT2D eigenvalue weighted by Gasteiger charge is -2.27. The fourth-order valence-corrected chi connectivity index (χ4v) is 5.71. The first-order valence-corrected chi connectivity index (χ1v) is 13.0. The van der Waals surface area contributed by atoms with Crippen molar-refractivity contribution in [1.29, 1.82) is 5.26 Å². The highest BCUT2D eigenvalue weighted by Crippen LogP contribution is 2.49. The van der Waals surface area contributed by atoms with E-state index in [1.165, 1.54) is 24.0 Å². The van der Waals surface area contributed by atoms with Gasteiger partial charge < -0.3 is 10.6 Å². The Hall–Kier alpha value is -4.03. The van der Waals surface area contributed by atoms with E-state index in [4.69, 9.17) is 4.98 Å². The molecule has 0 amide bonds. The van der Waals surface area contributed by atoms with E-state index in [-0.39, 0.29) is 17.1 Å². The van der Waals surface area contributed by atoms with E-state index in [2.05, 4.69) is 44.9 Å². The number of fused-ring (bicyclic) bond motifs is 3. The van der Waals surface area contributed by atoms with Crippen molar-refractivity contribution >= 4 is 22.7 Å². The zero-order valence-electron chi connectivity index (χ0n) is 21.0. The van der Waals surface area contributed by atoms with E-state index >= 15 is 0 Å². The minimum absolute atomic E-state index is 0.107. The highest BCUT2D eigenvalue weighted by molar-refractivity contribution is 5.77. The second kappa shape index (κ2) is 7.73. The monoisotopic (exact) mass is 492 g/mol. The minimum atomic E-state index is -0.523. The first-order valence-electron chi connectivity index (χ1n) is 13.0. The molecule has 0 bridgehead atoms. The predicted octanol–water partition coefficient (Wildman–Crippen LogP) is 3.99. The molecule has 0 radical (unpaired) electrons. The highest BCUT2D eigenvalue weighted by Gasteiger charge is 2.47. The molecular weight excluding hydrogens is 464 g/mol. The highest BCUT2D eigenvalue weighted by atomic mass is 16.1. The molecule has 1 aliphatic heterocycles. The molecule has 0 unspecified atom stereocenters. The lowest BCUT2D eigenvalue weighted by molar-refractivity contribution is 0.475. The third-order valence-electron chi connectivity index (χ3n) is 8.04. The average Bonchev–Trinajstić information content (AvgIpc) is 3.83. The summed E-state index contributed by atoms with van der Waals surface area (Å²) in [5, 5.41) is 17.2. The molecule has 2 N–H and O–H groups in total. The maximum absolute atomic E-state index is 13.4. The molecule has 1 aromatic carbocycles. The van der Waals surface area contributed by atoms with E-state index < -0.39 is 5.41 Å². The van der Waals surface area contributed by atoms with Crippen molar-refractivity contribution in [3.63, 3.8) is 0 Å². The second-order valence-electron chi connectivity index (χ2n) is 10.8. The fourth-order valence-electron chi connectivity index (χ4n) is 5.71. The van der Waals surface area contributed by atoms with Crippen molar-refractivity contribution < 1.29 is 0 Å². The van der Waals surface area contributed by atoms with E-state index in [9.17, 15) is 10.1 Å². The molecule has 4 heterocycles. The zero-order chi connectivity index (χ0) is 25.4. The van der Waals surface area contributed by atoms with E-state index in [1.54, 1.807) is 17.1 Å². The number of hydrogen-bond acceptors (Lipinski definition) is 7. The van der Waals surface area contributed by atoms with Crippen LogP contribution >= 0.6 is 0 Å². The van der Waals surface area contributed by atoms with Gasteiger partial charge in [0.1, 0.15) is 5.39 Å². The van der Waals surface area contributed by atoms with Gasteiger partial charge in [-0.1, -0.05) is 6.07 Å². The summed E-state index contributed by atoms with van der Waals surface area (Å²) in [5.74, 6) is 0.433. The van der Waals surface area contributed by atoms with Gasteiger partial charge in [-0.3, -0.25) is 9.78 Å². The van der Waals surface area contributed by atoms with Gasteiger partial charge in [-0.2, -0.15) is 10.2 Å². The molecule has 1 spiro atoms. The van der Waals surface area contributed by atoms with Crippen molar-refractivity contribution in [2.75, 3.05) is 11.9 Å². The van der Waals surface area contributed by atoms with Crippen LogP contribution < -0.4 is 16.2 Å². The third-order valence-corrected chi connectivity index (χ3v) is 8.04. The van der Waals surface area contributed by atoms with Gasteiger partial charge in [-0.25, -0.2) is 14.3 Å². The molecule has 2 aliphatic carbocycles. The number of benzene rings is 1. The summed E-state index contributed by atoms with van der Waals surface area (Å²) < 4.78 is 3.53. The quantitative estimate of drug-likeness (QED) is 0.433. The summed E-state index contributed by atoms with van der Waals surface area (Å²) in [4.78, 5) is 27.2. The SMILES string of the molecule is CC(C)n1c(=O)c2cnc(Nc3ccc4c(c3)CCNC43CC3)nc2n1-c1ccnc(C2(C#N)CC2)c1. The molecule has 2 fully saturated rings. The standard InChI is InChI=1S/C28H28N8O/c1-17(2)35-25(37)21-15-31-26(33-19-3-4-22-18(13-19)5-12-32-28(22)9-10-28)34-24(21)36(35)20-6-11-30-23(14-20)27(16-29)7-8-27/h3-4,6,11,13-15,17,32H,5,7-10,12H2,1-2H3,(H,31,33,34). The summed E-state index contributed by atoms with van der Waals surface area (Å²) in [5.41, 5.74) is 5.24. The smallest absolute Gasteiger partial charge is 0.278 e. The average molecular weight is 493 g/mol. The predicted molar refractivity (Wildman–Crippen MR) is 140 cm³/mol. The van der Waals surface area contributed by atoms with Gasteiger partial charge in [0.15, 0.2) is 5.65 Å². The van der Waals surface area contributed by atoms with E-state index in [0.717, 1.165) is 42.9 Å². The molecule has 186 valence electrons.